The first kappa shape index (κ1) is 33.7. The number of aromatic amines is 1. The second kappa shape index (κ2) is 14.2. The maximum Gasteiger partial charge on any atom is 0.387 e. The van der Waals surface area contributed by atoms with Crippen LogP contribution in [0.3, 0.4) is 0 Å². The molecule has 1 aliphatic heterocycles. The summed E-state index contributed by atoms with van der Waals surface area (Å²) in [4.78, 5) is 16.5. The van der Waals surface area contributed by atoms with Gasteiger partial charge in [0.1, 0.15) is 22.2 Å². The molecule has 1 aromatic heterocycles. The zero-order valence-electron chi connectivity index (χ0n) is 23.3. The SMILES string of the molecule is Nc1ccc(S(=O)(=O)N2CCC[C@H]2C(=O)O[C@@H](Cc2c(Cl)c[nH+]cc2Cl)c2ccc(OC(F)F)c(OCC3CC3)c2)cc1.[OH-]. The third-order valence-electron chi connectivity index (χ3n) is 7.33. The van der Waals surface area contributed by atoms with E-state index in [1.807, 2.05) is 0 Å². The number of anilines is 1. The molecule has 2 fully saturated rings. The number of ether oxygens (including phenoxy) is 3. The highest BCUT2D eigenvalue weighted by atomic mass is 35.5. The van der Waals surface area contributed by atoms with Crippen LogP contribution in [0.15, 0.2) is 59.8 Å². The van der Waals surface area contributed by atoms with Crippen LogP contribution >= 0.6 is 23.2 Å². The van der Waals surface area contributed by atoms with Crippen molar-refractivity contribution in [3.63, 3.8) is 0 Å². The highest BCUT2D eigenvalue weighted by Crippen LogP contribution is 2.38. The number of nitrogen functional groups attached to an aromatic ring is 1. The molecule has 0 radical (unpaired) electrons. The number of sulfonamides is 1. The molecule has 1 aliphatic carbocycles. The molecule has 10 nitrogen and oxygen atoms in total. The van der Waals surface area contributed by atoms with E-state index in [0.29, 0.717) is 35.8 Å². The Morgan fingerprint density at radius 3 is 2.36 bits per heavy atom. The Balaban J connectivity index is 0.00000442. The summed E-state index contributed by atoms with van der Waals surface area (Å²) >= 11 is 12.8. The number of rotatable bonds is 12. The lowest BCUT2D eigenvalue weighted by Gasteiger charge is -2.26. The van der Waals surface area contributed by atoms with Crippen LogP contribution in [0.2, 0.25) is 10.0 Å². The summed E-state index contributed by atoms with van der Waals surface area (Å²) in [5, 5.41) is 0.565. The monoisotopic (exact) mass is 673 g/mol. The largest absolute Gasteiger partial charge is 0.870 e. The molecule has 238 valence electrons. The number of hydrogen-bond acceptors (Lipinski definition) is 8. The minimum atomic E-state index is -4.03. The molecular formula is C29H31Cl2F2N3O7S. The van der Waals surface area contributed by atoms with E-state index in [1.54, 1.807) is 0 Å². The van der Waals surface area contributed by atoms with Crippen molar-refractivity contribution in [2.75, 3.05) is 18.9 Å². The van der Waals surface area contributed by atoms with E-state index >= 15 is 0 Å². The van der Waals surface area contributed by atoms with Gasteiger partial charge in [0.2, 0.25) is 10.0 Å². The van der Waals surface area contributed by atoms with Gasteiger partial charge in [0.05, 0.1) is 11.5 Å². The van der Waals surface area contributed by atoms with E-state index in [4.69, 9.17) is 38.4 Å². The molecule has 0 unspecified atom stereocenters. The average Bonchev–Trinajstić information content (AvgIpc) is 3.65. The maximum absolute atomic E-state index is 13.7. The van der Waals surface area contributed by atoms with Gasteiger partial charge in [-0.15, -0.1) is 0 Å². The van der Waals surface area contributed by atoms with Crippen molar-refractivity contribution in [2.24, 2.45) is 5.92 Å². The number of nitrogens with one attached hydrogen (secondary N) is 1. The first-order chi connectivity index (χ1) is 20.5. The van der Waals surface area contributed by atoms with Gasteiger partial charge in [0.15, 0.2) is 23.9 Å². The maximum atomic E-state index is 13.7. The minimum absolute atomic E-state index is 0. The fraction of sp³-hybridized carbons (Fsp3) is 0.379. The number of halogens is 4. The van der Waals surface area contributed by atoms with Crippen LogP contribution in [0.4, 0.5) is 14.5 Å². The molecule has 1 saturated heterocycles. The van der Waals surface area contributed by atoms with Crippen molar-refractivity contribution >= 4 is 44.9 Å². The van der Waals surface area contributed by atoms with Crippen LogP contribution in [0.25, 0.3) is 0 Å². The summed E-state index contributed by atoms with van der Waals surface area (Å²) in [7, 11) is -4.03. The molecular weight excluding hydrogens is 643 g/mol. The highest BCUT2D eigenvalue weighted by Gasteiger charge is 2.41. The van der Waals surface area contributed by atoms with Gasteiger partial charge in [-0.2, -0.15) is 13.1 Å². The van der Waals surface area contributed by atoms with E-state index in [2.05, 4.69) is 9.72 Å². The Bertz CT molecular complexity index is 1560. The van der Waals surface area contributed by atoms with Crippen LogP contribution in [0.5, 0.6) is 11.5 Å². The van der Waals surface area contributed by atoms with Gasteiger partial charge in [-0.05, 0) is 73.6 Å². The number of H-pyrrole nitrogens is 1. The molecule has 5 rings (SSSR count). The van der Waals surface area contributed by atoms with E-state index in [1.165, 1.54) is 54.9 Å². The number of pyridine rings is 1. The molecule has 2 aliphatic rings. The lowest BCUT2D eigenvalue weighted by molar-refractivity contribution is -0.377. The number of carbonyl (C=O) groups is 1. The number of nitrogens with two attached hydrogens (primary N) is 1. The van der Waals surface area contributed by atoms with E-state index in [-0.39, 0.29) is 51.3 Å². The number of nitrogens with zero attached hydrogens (tertiary/aromatic N) is 1. The summed E-state index contributed by atoms with van der Waals surface area (Å²) in [5.41, 5.74) is 6.98. The lowest BCUT2D eigenvalue weighted by Crippen LogP contribution is -2.41. The third kappa shape index (κ3) is 7.88. The average molecular weight is 675 g/mol. The summed E-state index contributed by atoms with van der Waals surface area (Å²) in [6.45, 7) is -2.63. The van der Waals surface area contributed by atoms with Gasteiger partial charge in [-0.25, -0.2) is 13.4 Å². The molecule has 44 heavy (non-hydrogen) atoms. The van der Waals surface area contributed by atoms with E-state index in [0.717, 1.165) is 17.1 Å². The zero-order chi connectivity index (χ0) is 30.7. The molecule has 3 aromatic rings. The third-order valence-corrected chi connectivity index (χ3v) is 9.93. The molecule has 15 heteroatoms. The number of aromatic nitrogens is 1. The summed E-state index contributed by atoms with van der Waals surface area (Å²) < 4.78 is 70.7. The molecule has 0 spiro atoms. The fourth-order valence-corrected chi connectivity index (χ4v) is 7.04. The molecule has 0 bridgehead atoms. The second-order valence-electron chi connectivity index (χ2n) is 10.4. The van der Waals surface area contributed by atoms with Crippen molar-refractivity contribution in [3.05, 3.63) is 76.0 Å². The zero-order valence-corrected chi connectivity index (χ0v) is 25.6. The first-order valence-corrected chi connectivity index (χ1v) is 15.9. The minimum Gasteiger partial charge on any atom is -0.870 e. The van der Waals surface area contributed by atoms with Gasteiger partial charge in [-0.3, -0.25) is 4.79 Å². The first-order valence-electron chi connectivity index (χ1n) is 13.7. The summed E-state index contributed by atoms with van der Waals surface area (Å²) in [6.07, 6.45) is 4.66. The Morgan fingerprint density at radius 2 is 1.73 bits per heavy atom. The van der Waals surface area contributed by atoms with Crippen LogP contribution in [-0.4, -0.2) is 50.0 Å². The summed E-state index contributed by atoms with van der Waals surface area (Å²) in [6, 6.07) is 8.91. The fourth-order valence-electron chi connectivity index (χ4n) is 4.86. The summed E-state index contributed by atoms with van der Waals surface area (Å²) in [5.74, 6) is -0.542. The molecule has 2 atom stereocenters. The second-order valence-corrected chi connectivity index (χ2v) is 13.1. The number of carbonyl (C=O) groups excluding carboxylic acids is 1. The van der Waals surface area contributed by atoms with Gasteiger partial charge < -0.3 is 25.4 Å². The predicted molar refractivity (Wildman–Crippen MR) is 157 cm³/mol. The van der Waals surface area contributed by atoms with Gasteiger partial charge in [0, 0.05) is 24.2 Å². The van der Waals surface area contributed by atoms with Gasteiger partial charge in [0.25, 0.3) is 0 Å². The standard InChI is InChI=1S/C29H29Cl2F2N3O6S.H2O/c30-22-14-35-15-23(31)21(22)13-26(18-5-10-25(42-29(32)33)27(12-18)40-16-17-3-4-17)41-28(37)24-2-1-11-36(24)43(38,39)20-8-6-19(34)7-9-20;/h5-10,12,14-15,17,24,26,29H,1-4,11,13,16,34H2;1H2/t24-,26-;/m0./s1. The Morgan fingerprint density at radius 1 is 1.05 bits per heavy atom. The number of esters is 1. The van der Waals surface area contributed by atoms with E-state index in [9.17, 15) is 22.0 Å². The smallest absolute Gasteiger partial charge is 0.387 e. The van der Waals surface area contributed by atoms with Crippen LogP contribution in [-0.2, 0) is 26.0 Å². The van der Waals surface area contributed by atoms with Crippen molar-refractivity contribution < 1.29 is 46.7 Å². The molecule has 1 saturated carbocycles. The van der Waals surface area contributed by atoms with Crippen LogP contribution in [0.1, 0.15) is 42.9 Å². The topological polar surface area (TPSA) is 152 Å². The Hall–Kier alpha value is -3.23. The molecule has 0 amide bonds. The van der Waals surface area contributed by atoms with Crippen molar-refractivity contribution in [1.82, 2.24) is 4.31 Å². The molecule has 4 N–H and O–H groups in total. The highest BCUT2D eigenvalue weighted by molar-refractivity contribution is 7.89. The molecule has 2 heterocycles. The normalized spacial score (nSPS) is 17.6. The van der Waals surface area contributed by atoms with Crippen LogP contribution < -0.4 is 20.2 Å². The number of hydrogen-bond donors (Lipinski definition) is 1. The van der Waals surface area contributed by atoms with Crippen molar-refractivity contribution in [3.8, 4) is 11.5 Å². The molecule has 2 aromatic carbocycles. The van der Waals surface area contributed by atoms with Crippen molar-refractivity contribution in [2.45, 2.75) is 55.8 Å². The Kier molecular flexibility index (Phi) is 10.9. The van der Waals surface area contributed by atoms with Crippen LogP contribution in [0, 0.1) is 5.92 Å². The lowest BCUT2D eigenvalue weighted by atomic mass is 10.0. The van der Waals surface area contributed by atoms with E-state index < -0.39 is 34.7 Å². The number of benzene rings is 2. The van der Waals surface area contributed by atoms with Gasteiger partial charge >= 0.3 is 12.6 Å². The quantitative estimate of drug-likeness (QED) is 0.201. The van der Waals surface area contributed by atoms with Gasteiger partial charge in [-0.1, -0.05) is 29.3 Å². The Labute approximate surface area is 263 Å². The van der Waals surface area contributed by atoms with Crippen molar-refractivity contribution in [1.29, 1.82) is 0 Å². The predicted octanol–water partition coefficient (Wildman–Crippen LogP) is 5.28. The number of alkyl halides is 2.